The van der Waals surface area contributed by atoms with Gasteiger partial charge in [-0.3, -0.25) is 19.4 Å². The predicted octanol–water partition coefficient (Wildman–Crippen LogP) is 0.844. The van der Waals surface area contributed by atoms with Crippen molar-refractivity contribution in [1.29, 1.82) is 0 Å². The first-order valence-corrected chi connectivity index (χ1v) is 9.54. The first-order valence-electron chi connectivity index (χ1n) is 9.54. The molecule has 1 unspecified atom stereocenters. The summed E-state index contributed by atoms with van der Waals surface area (Å²) in [5.74, 6) is -1.84. The molecular weight excluding hydrogens is 388 g/mol. The third kappa shape index (κ3) is 2.82. The Morgan fingerprint density at radius 2 is 2.10 bits per heavy atom. The number of nitrogens with one attached hydrogen (secondary N) is 1. The second-order valence-electron chi connectivity index (χ2n) is 7.22. The fourth-order valence-corrected chi connectivity index (χ4v) is 3.97. The molecule has 2 amide bonds. The number of hydrogen-bond donors (Lipinski definition) is 2. The first-order chi connectivity index (χ1) is 14.5. The van der Waals surface area contributed by atoms with Crippen LogP contribution in [0, 0.1) is 0 Å². The van der Waals surface area contributed by atoms with Crippen LogP contribution in [0.15, 0.2) is 47.5 Å². The largest absolute Gasteiger partial charge is 0.503 e. The Hall–Kier alpha value is -3.72. The molecule has 152 valence electrons. The van der Waals surface area contributed by atoms with Gasteiger partial charge in [-0.25, -0.2) is 0 Å². The first kappa shape index (κ1) is 18.3. The summed E-state index contributed by atoms with van der Waals surface area (Å²) in [6.07, 6.45) is 2.52. The molecule has 2 aliphatic heterocycles. The second kappa shape index (κ2) is 6.96. The van der Waals surface area contributed by atoms with Crippen molar-refractivity contribution in [1.82, 2.24) is 19.8 Å². The topological polar surface area (TPSA) is 114 Å². The zero-order chi connectivity index (χ0) is 20.8. The van der Waals surface area contributed by atoms with E-state index in [0.29, 0.717) is 13.2 Å². The minimum Gasteiger partial charge on any atom is -0.503 e. The highest BCUT2D eigenvalue weighted by molar-refractivity contribution is 5.99. The smallest absolute Gasteiger partial charge is 0.276 e. The molecule has 0 bridgehead atoms. The molecule has 0 radical (unpaired) electrons. The number of ether oxygens (including phenoxy) is 1. The van der Waals surface area contributed by atoms with Crippen molar-refractivity contribution in [3.8, 4) is 5.75 Å². The van der Waals surface area contributed by atoms with Gasteiger partial charge in [0.1, 0.15) is 5.56 Å². The number of aromatic nitrogens is 2. The number of rotatable bonds is 3. The molecule has 4 heterocycles. The summed E-state index contributed by atoms with van der Waals surface area (Å²) in [5.41, 5.74) is 0.338. The Balaban J connectivity index is 1.45. The van der Waals surface area contributed by atoms with Crippen molar-refractivity contribution in [2.75, 3.05) is 13.2 Å². The number of pyridine rings is 2. The van der Waals surface area contributed by atoms with E-state index in [-0.39, 0.29) is 24.3 Å². The third-order valence-electron chi connectivity index (χ3n) is 5.46. The average Bonchev–Trinajstić information content (AvgIpc) is 3.23. The standard InChI is InChI=1S/C21H18N4O5/c26-18-14(10-24-11-15-25(7-8-30-15)21(29)17(24)19(18)27)20(28)23-9-13-4-1-3-12-5-2-6-22-16(12)13/h1-6,10,15,27H,7-9,11H2,(H,23,28). The highest BCUT2D eigenvalue weighted by Crippen LogP contribution is 2.26. The maximum absolute atomic E-state index is 12.7. The molecule has 1 atom stereocenters. The molecule has 2 aliphatic rings. The monoisotopic (exact) mass is 406 g/mol. The lowest BCUT2D eigenvalue weighted by Crippen LogP contribution is -2.46. The van der Waals surface area contributed by atoms with Gasteiger partial charge in [-0.15, -0.1) is 0 Å². The fraction of sp³-hybridized carbons (Fsp3) is 0.238. The number of carbonyl (C=O) groups is 2. The van der Waals surface area contributed by atoms with E-state index in [0.717, 1.165) is 16.5 Å². The lowest BCUT2D eigenvalue weighted by Gasteiger charge is -2.31. The van der Waals surface area contributed by atoms with Gasteiger partial charge >= 0.3 is 0 Å². The predicted molar refractivity (Wildman–Crippen MR) is 106 cm³/mol. The van der Waals surface area contributed by atoms with Crippen LogP contribution in [0.25, 0.3) is 10.9 Å². The van der Waals surface area contributed by atoms with Crippen LogP contribution >= 0.6 is 0 Å². The number of hydrogen-bond acceptors (Lipinski definition) is 6. The van der Waals surface area contributed by atoms with Crippen LogP contribution in [0.2, 0.25) is 0 Å². The van der Waals surface area contributed by atoms with E-state index in [1.165, 1.54) is 15.7 Å². The maximum atomic E-state index is 12.7. The van der Waals surface area contributed by atoms with Gasteiger partial charge in [-0.1, -0.05) is 24.3 Å². The van der Waals surface area contributed by atoms with Gasteiger partial charge in [0.2, 0.25) is 5.43 Å². The summed E-state index contributed by atoms with van der Waals surface area (Å²) >= 11 is 0. The van der Waals surface area contributed by atoms with Gasteiger partial charge < -0.3 is 24.6 Å². The molecular formula is C21H18N4O5. The molecule has 30 heavy (non-hydrogen) atoms. The van der Waals surface area contributed by atoms with Gasteiger partial charge in [0.05, 0.1) is 18.7 Å². The molecule has 5 rings (SSSR count). The van der Waals surface area contributed by atoms with Crippen molar-refractivity contribution in [3.63, 3.8) is 0 Å². The average molecular weight is 406 g/mol. The van der Waals surface area contributed by atoms with Gasteiger partial charge in [0.25, 0.3) is 11.8 Å². The van der Waals surface area contributed by atoms with Crippen LogP contribution in [0.5, 0.6) is 5.75 Å². The van der Waals surface area contributed by atoms with Crippen LogP contribution in [-0.4, -0.2) is 50.8 Å². The van der Waals surface area contributed by atoms with Crippen LogP contribution in [-0.2, 0) is 17.8 Å². The summed E-state index contributed by atoms with van der Waals surface area (Å²) in [6, 6.07) is 9.39. The van der Waals surface area contributed by atoms with Crippen molar-refractivity contribution in [3.05, 3.63) is 69.8 Å². The van der Waals surface area contributed by atoms with E-state index in [1.54, 1.807) is 6.20 Å². The molecule has 1 fully saturated rings. The van der Waals surface area contributed by atoms with Crippen LogP contribution in [0.3, 0.4) is 0 Å². The number of benzene rings is 1. The fourth-order valence-electron chi connectivity index (χ4n) is 3.97. The minimum atomic E-state index is -0.873. The van der Waals surface area contributed by atoms with Gasteiger partial charge in [0.15, 0.2) is 17.7 Å². The molecule has 1 saturated heterocycles. The van der Waals surface area contributed by atoms with Crippen molar-refractivity contribution in [2.24, 2.45) is 0 Å². The molecule has 0 saturated carbocycles. The molecule has 0 aliphatic carbocycles. The number of carbonyl (C=O) groups excluding carboxylic acids is 2. The van der Waals surface area contributed by atoms with Crippen molar-refractivity contribution < 1.29 is 19.4 Å². The number of nitrogens with zero attached hydrogens (tertiary/aromatic N) is 3. The minimum absolute atomic E-state index is 0.114. The summed E-state index contributed by atoms with van der Waals surface area (Å²) in [5, 5.41) is 14.0. The third-order valence-corrected chi connectivity index (χ3v) is 5.46. The van der Waals surface area contributed by atoms with Crippen LogP contribution < -0.4 is 10.7 Å². The summed E-state index contributed by atoms with van der Waals surface area (Å²) < 4.78 is 6.93. The van der Waals surface area contributed by atoms with E-state index >= 15 is 0 Å². The van der Waals surface area contributed by atoms with E-state index in [2.05, 4.69) is 10.3 Å². The Morgan fingerprint density at radius 3 is 2.97 bits per heavy atom. The normalized spacial score (nSPS) is 17.7. The van der Waals surface area contributed by atoms with Crippen molar-refractivity contribution >= 4 is 22.7 Å². The molecule has 3 aromatic rings. The Bertz CT molecular complexity index is 1250. The molecule has 9 heteroatoms. The number of amides is 2. The van der Waals surface area contributed by atoms with E-state index in [1.807, 2.05) is 30.3 Å². The Labute approximate surface area is 170 Å². The highest BCUT2D eigenvalue weighted by Gasteiger charge is 2.39. The lowest BCUT2D eigenvalue weighted by atomic mass is 10.1. The van der Waals surface area contributed by atoms with Gasteiger partial charge in [-0.05, 0) is 11.6 Å². The van der Waals surface area contributed by atoms with E-state index in [9.17, 15) is 19.5 Å². The van der Waals surface area contributed by atoms with E-state index in [4.69, 9.17) is 4.74 Å². The SMILES string of the molecule is O=C(NCc1cccc2cccnc12)c1cn2c(c(O)c1=O)C(=O)N1CCOC1C2. The summed E-state index contributed by atoms with van der Waals surface area (Å²) in [6.45, 7) is 1.19. The number of aromatic hydroxyl groups is 1. The summed E-state index contributed by atoms with van der Waals surface area (Å²) in [7, 11) is 0. The quantitative estimate of drug-likeness (QED) is 0.667. The molecule has 1 aromatic carbocycles. The maximum Gasteiger partial charge on any atom is 0.276 e. The molecule has 0 spiro atoms. The lowest BCUT2D eigenvalue weighted by molar-refractivity contribution is 0.00845. The van der Waals surface area contributed by atoms with Gasteiger partial charge in [-0.2, -0.15) is 0 Å². The zero-order valence-electron chi connectivity index (χ0n) is 15.9. The Kier molecular flexibility index (Phi) is 4.25. The van der Waals surface area contributed by atoms with Crippen molar-refractivity contribution in [2.45, 2.75) is 19.3 Å². The number of para-hydroxylation sites is 1. The second-order valence-corrected chi connectivity index (χ2v) is 7.22. The molecule has 2 aromatic heterocycles. The molecule has 2 N–H and O–H groups in total. The van der Waals surface area contributed by atoms with E-state index < -0.39 is 29.2 Å². The Morgan fingerprint density at radius 1 is 1.27 bits per heavy atom. The van der Waals surface area contributed by atoms with Crippen LogP contribution in [0.1, 0.15) is 26.4 Å². The highest BCUT2D eigenvalue weighted by atomic mass is 16.5. The summed E-state index contributed by atoms with van der Waals surface area (Å²) in [4.78, 5) is 43.8. The molecule has 9 nitrogen and oxygen atoms in total. The number of fused-ring (bicyclic) bond motifs is 3. The zero-order valence-corrected chi connectivity index (χ0v) is 15.9. The van der Waals surface area contributed by atoms with Crippen LogP contribution in [0.4, 0.5) is 0 Å². The van der Waals surface area contributed by atoms with Gasteiger partial charge in [0, 0.05) is 30.9 Å².